The first-order chi connectivity index (χ1) is 10.5. The summed E-state index contributed by atoms with van der Waals surface area (Å²) in [6, 6.07) is 1.16. The SMILES string of the molecule is Cc1occc1C(=O)NC1CS(=O)(=O)CC1N1CCCCC1. The monoisotopic (exact) mass is 326 g/mol. The molecule has 2 atom stereocenters. The molecule has 3 rings (SSSR count). The first kappa shape index (κ1) is 15.6. The maximum atomic E-state index is 12.3. The predicted octanol–water partition coefficient (Wildman–Crippen LogP) is 0.969. The number of hydrogen-bond acceptors (Lipinski definition) is 5. The van der Waals surface area contributed by atoms with E-state index in [0.29, 0.717) is 11.3 Å². The van der Waals surface area contributed by atoms with Crippen LogP contribution in [0.25, 0.3) is 0 Å². The van der Waals surface area contributed by atoms with Crippen LogP contribution in [0.2, 0.25) is 0 Å². The third-order valence-electron chi connectivity index (χ3n) is 4.60. The summed E-state index contributed by atoms with van der Waals surface area (Å²) in [5.74, 6) is 0.460. The maximum Gasteiger partial charge on any atom is 0.255 e. The van der Waals surface area contributed by atoms with Crippen LogP contribution in [0.15, 0.2) is 16.7 Å². The van der Waals surface area contributed by atoms with Gasteiger partial charge in [0, 0.05) is 6.04 Å². The van der Waals surface area contributed by atoms with Crippen molar-refractivity contribution in [3.63, 3.8) is 0 Å². The Balaban J connectivity index is 1.75. The zero-order valence-corrected chi connectivity index (χ0v) is 13.6. The summed E-state index contributed by atoms with van der Waals surface area (Å²) < 4.78 is 29.2. The Kier molecular flexibility index (Phi) is 4.27. The lowest BCUT2D eigenvalue weighted by Crippen LogP contribution is -2.52. The number of piperidine rings is 1. The Bertz CT molecular complexity index is 646. The Morgan fingerprint density at radius 1 is 1.27 bits per heavy atom. The molecular formula is C15H22N2O4S. The molecule has 7 heteroatoms. The summed E-state index contributed by atoms with van der Waals surface area (Å²) >= 11 is 0. The standard InChI is InChI=1S/C15H22N2O4S/c1-11-12(5-8-21-11)15(18)16-13-9-22(19,20)10-14(13)17-6-3-2-4-7-17/h5,8,13-14H,2-4,6-7,9-10H2,1H3,(H,16,18). The van der Waals surface area contributed by atoms with Crippen molar-refractivity contribution in [2.45, 2.75) is 38.3 Å². The number of nitrogens with one attached hydrogen (secondary N) is 1. The molecule has 0 saturated carbocycles. The van der Waals surface area contributed by atoms with Crippen LogP contribution >= 0.6 is 0 Å². The molecule has 6 nitrogen and oxygen atoms in total. The topological polar surface area (TPSA) is 79.6 Å². The highest BCUT2D eigenvalue weighted by Crippen LogP contribution is 2.23. The summed E-state index contributed by atoms with van der Waals surface area (Å²) in [5.41, 5.74) is 0.474. The zero-order chi connectivity index (χ0) is 15.7. The van der Waals surface area contributed by atoms with Gasteiger partial charge in [0.2, 0.25) is 0 Å². The molecule has 2 fully saturated rings. The van der Waals surface area contributed by atoms with E-state index in [2.05, 4.69) is 10.2 Å². The molecular weight excluding hydrogens is 304 g/mol. The van der Waals surface area contributed by atoms with E-state index in [1.54, 1.807) is 13.0 Å². The van der Waals surface area contributed by atoms with Gasteiger partial charge in [-0.25, -0.2) is 8.42 Å². The molecule has 122 valence electrons. The fraction of sp³-hybridized carbons (Fsp3) is 0.667. The molecule has 1 N–H and O–H groups in total. The van der Waals surface area contributed by atoms with E-state index in [0.717, 1.165) is 25.9 Å². The highest BCUT2D eigenvalue weighted by atomic mass is 32.2. The maximum absolute atomic E-state index is 12.3. The fourth-order valence-electron chi connectivity index (χ4n) is 3.44. The largest absolute Gasteiger partial charge is 0.469 e. The first-order valence-electron chi connectivity index (χ1n) is 7.76. The average Bonchev–Trinajstić information content (AvgIpc) is 3.03. The van der Waals surface area contributed by atoms with Crippen molar-refractivity contribution in [3.8, 4) is 0 Å². The van der Waals surface area contributed by atoms with Crippen molar-refractivity contribution in [2.75, 3.05) is 24.6 Å². The smallest absolute Gasteiger partial charge is 0.255 e. The predicted molar refractivity (Wildman–Crippen MR) is 82.6 cm³/mol. The molecule has 2 unspecified atom stereocenters. The summed E-state index contributed by atoms with van der Waals surface area (Å²) in [5, 5.41) is 2.91. The molecule has 0 spiro atoms. The molecule has 0 bridgehead atoms. The number of carbonyl (C=O) groups is 1. The number of likely N-dealkylation sites (tertiary alicyclic amines) is 1. The average molecular weight is 326 g/mol. The number of aryl methyl sites for hydroxylation is 1. The van der Waals surface area contributed by atoms with E-state index in [9.17, 15) is 13.2 Å². The van der Waals surface area contributed by atoms with Gasteiger partial charge < -0.3 is 9.73 Å². The molecule has 2 aliphatic heterocycles. The second-order valence-corrected chi connectivity index (χ2v) is 8.37. The Labute approximate surface area is 130 Å². The van der Waals surface area contributed by atoms with Gasteiger partial charge >= 0.3 is 0 Å². The molecule has 22 heavy (non-hydrogen) atoms. The highest BCUT2D eigenvalue weighted by Gasteiger charge is 2.42. The van der Waals surface area contributed by atoms with Gasteiger partial charge in [-0.3, -0.25) is 9.69 Å². The van der Waals surface area contributed by atoms with Crippen LogP contribution in [0.4, 0.5) is 0 Å². The Morgan fingerprint density at radius 3 is 2.64 bits per heavy atom. The molecule has 0 aliphatic carbocycles. The van der Waals surface area contributed by atoms with Gasteiger partial charge in [-0.15, -0.1) is 0 Å². The van der Waals surface area contributed by atoms with Crippen molar-refractivity contribution in [2.24, 2.45) is 0 Å². The van der Waals surface area contributed by atoms with E-state index >= 15 is 0 Å². The third-order valence-corrected chi connectivity index (χ3v) is 6.32. The van der Waals surface area contributed by atoms with Crippen molar-refractivity contribution in [3.05, 3.63) is 23.7 Å². The second-order valence-electron chi connectivity index (χ2n) is 6.21. The van der Waals surface area contributed by atoms with Gasteiger partial charge in [0.25, 0.3) is 5.91 Å². The quantitative estimate of drug-likeness (QED) is 0.895. The first-order valence-corrected chi connectivity index (χ1v) is 9.58. The van der Waals surface area contributed by atoms with E-state index in [4.69, 9.17) is 4.42 Å². The molecule has 0 radical (unpaired) electrons. The van der Waals surface area contributed by atoms with E-state index in [1.807, 2.05) is 0 Å². The number of rotatable bonds is 3. The van der Waals surface area contributed by atoms with Crippen LogP contribution < -0.4 is 5.32 Å². The van der Waals surface area contributed by atoms with Crippen LogP contribution in [-0.4, -0.2) is 55.9 Å². The van der Waals surface area contributed by atoms with E-state index < -0.39 is 9.84 Å². The number of carbonyl (C=O) groups excluding carboxylic acids is 1. The third kappa shape index (κ3) is 3.20. The highest BCUT2D eigenvalue weighted by molar-refractivity contribution is 7.91. The Hall–Kier alpha value is -1.34. The van der Waals surface area contributed by atoms with Crippen molar-refractivity contribution < 1.29 is 17.6 Å². The second kappa shape index (κ2) is 6.04. The number of nitrogens with zero attached hydrogens (tertiary/aromatic N) is 1. The fourth-order valence-corrected chi connectivity index (χ4v) is 5.40. The molecule has 3 heterocycles. The van der Waals surface area contributed by atoms with Gasteiger partial charge in [0.05, 0.1) is 29.4 Å². The van der Waals surface area contributed by atoms with E-state index in [1.165, 1.54) is 12.7 Å². The van der Waals surface area contributed by atoms with Gasteiger partial charge in [-0.1, -0.05) is 6.42 Å². The van der Waals surface area contributed by atoms with Crippen LogP contribution in [0.1, 0.15) is 35.4 Å². The molecule has 1 aromatic heterocycles. The van der Waals surface area contributed by atoms with Gasteiger partial charge in [0.15, 0.2) is 9.84 Å². The summed E-state index contributed by atoms with van der Waals surface area (Å²) in [6.07, 6.45) is 4.86. The normalized spacial score (nSPS) is 28.6. The molecule has 1 aromatic rings. The summed E-state index contributed by atoms with van der Waals surface area (Å²) in [4.78, 5) is 14.6. The Morgan fingerprint density at radius 2 is 2.00 bits per heavy atom. The van der Waals surface area contributed by atoms with Crippen LogP contribution in [0.5, 0.6) is 0 Å². The molecule has 0 aromatic carbocycles. The minimum Gasteiger partial charge on any atom is -0.469 e. The van der Waals surface area contributed by atoms with Gasteiger partial charge in [0.1, 0.15) is 5.76 Å². The summed E-state index contributed by atoms with van der Waals surface area (Å²) in [7, 11) is -3.10. The summed E-state index contributed by atoms with van der Waals surface area (Å²) in [6.45, 7) is 3.55. The van der Waals surface area contributed by atoms with Crippen molar-refractivity contribution in [1.29, 1.82) is 0 Å². The minimum absolute atomic E-state index is 0.0246. The van der Waals surface area contributed by atoms with Crippen molar-refractivity contribution >= 4 is 15.7 Å². The van der Waals surface area contributed by atoms with Crippen molar-refractivity contribution in [1.82, 2.24) is 10.2 Å². The molecule has 2 saturated heterocycles. The number of sulfone groups is 1. The van der Waals surface area contributed by atoms with E-state index in [-0.39, 0.29) is 29.5 Å². The van der Waals surface area contributed by atoms with Gasteiger partial charge in [-0.05, 0) is 38.9 Å². The lowest BCUT2D eigenvalue weighted by atomic mass is 10.0. The lowest BCUT2D eigenvalue weighted by Gasteiger charge is -2.34. The number of hydrogen-bond donors (Lipinski definition) is 1. The number of furan rings is 1. The minimum atomic E-state index is -3.10. The van der Waals surface area contributed by atoms with Crippen LogP contribution in [-0.2, 0) is 9.84 Å². The van der Waals surface area contributed by atoms with Crippen LogP contribution in [0.3, 0.4) is 0 Å². The number of amides is 1. The van der Waals surface area contributed by atoms with Gasteiger partial charge in [-0.2, -0.15) is 0 Å². The van der Waals surface area contributed by atoms with Crippen LogP contribution in [0, 0.1) is 6.92 Å². The zero-order valence-electron chi connectivity index (χ0n) is 12.7. The molecule has 1 amide bonds. The molecule has 2 aliphatic rings. The lowest BCUT2D eigenvalue weighted by molar-refractivity contribution is 0.0898.